The Hall–Kier alpha value is -2.22. The van der Waals surface area contributed by atoms with Crippen LogP contribution in [0.2, 0.25) is 0 Å². The van der Waals surface area contributed by atoms with Crippen molar-refractivity contribution < 1.29 is 27.7 Å². The first-order chi connectivity index (χ1) is 15.1. The van der Waals surface area contributed by atoms with Crippen LogP contribution >= 0.6 is 0 Å². The van der Waals surface area contributed by atoms with Crippen LogP contribution in [0, 0.1) is 11.6 Å². The van der Waals surface area contributed by atoms with Crippen molar-refractivity contribution in [3.05, 3.63) is 59.2 Å². The lowest BCUT2D eigenvalue weighted by atomic mass is 9.98. The van der Waals surface area contributed by atoms with E-state index in [2.05, 4.69) is 5.32 Å². The molecule has 168 valence electrons. The van der Waals surface area contributed by atoms with Gasteiger partial charge in [-0.3, -0.25) is 0 Å². The second kappa shape index (κ2) is 9.94. The molecule has 2 heterocycles. The molecule has 0 bridgehead atoms. The number of benzene rings is 2. The normalized spacial score (nSPS) is 21.9. The minimum atomic E-state index is -0.242. The molecule has 7 heteroatoms. The van der Waals surface area contributed by atoms with Crippen molar-refractivity contribution in [1.82, 2.24) is 5.32 Å². The van der Waals surface area contributed by atoms with Crippen molar-refractivity contribution in [2.45, 2.75) is 50.1 Å². The van der Waals surface area contributed by atoms with Gasteiger partial charge in [0.25, 0.3) is 0 Å². The molecule has 0 fully saturated rings. The van der Waals surface area contributed by atoms with Gasteiger partial charge in [0.05, 0.1) is 0 Å². The van der Waals surface area contributed by atoms with Crippen LogP contribution in [-0.2, 0) is 22.3 Å². The Labute approximate surface area is 181 Å². The minimum absolute atomic E-state index is 0.107. The molecule has 0 aromatic heterocycles. The number of rotatable bonds is 8. The molecule has 2 aliphatic heterocycles. The van der Waals surface area contributed by atoms with Gasteiger partial charge in [0.2, 0.25) is 0 Å². The lowest BCUT2D eigenvalue weighted by Crippen LogP contribution is -2.47. The van der Waals surface area contributed by atoms with Crippen molar-refractivity contribution in [2.75, 3.05) is 27.3 Å². The molecule has 2 aromatic carbocycles. The highest BCUT2D eigenvalue weighted by atomic mass is 19.1. The average molecular weight is 433 g/mol. The van der Waals surface area contributed by atoms with Crippen LogP contribution in [0.15, 0.2) is 36.4 Å². The zero-order valence-electron chi connectivity index (χ0n) is 17.9. The lowest BCUT2D eigenvalue weighted by Gasteiger charge is -2.33. The van der Waals surface area contributed by atoms with Crippen molar-refractivity contribution in [3.63, 3.8) is 0 Å². The average Bonchev–Trinajstić information content (AvgIpc) is 2.79. The highest BCUT2D eigenvalue weighted by Crippen LogP contribution is 2.31. The van der Waals surface area contributed by atoms with E-state index in [9.17, 15) is 8.78 Å². The molecule has 0 saturated carbocycles. The molecule has 0 saturated heterocycles. The third-order valence-corrected chi connectivity index (χ3v) is 6.12. The molecule has 4 atom stereocenters. The Morgan fingerprint density at radius 3 is 1.71 bits per heavy atom. The zero-order valence-corrected chi connectivity index (χ0v) is 17.9. The van der Waals surface area contributed by atoms with Crippen LogP contribution < -0.4 is 14.8 Å². The van der Waals surface area contributed by atoms with Gasteiger partial charge in [-0.15, -0.1) is 0 Å². The van der Waals surface area contributed by atoms with Crippen LogP contribution in [0.25, 0.3) is 0 Å². The van der Waals surface area contributed by atoms with Crippen LogP contribution in [0.3, 0.4) is 0 Å². The SMILES string of the molecule is COC(CNCC(OC)C1CCc2cc(F)ccc2O1)C1CCc2cc(F)ccc2O1. The Kier molecular flexibility index (Phi) is 7.05. The summed E-state index contributed by atoms with van der Waals surface area (Å²) < 4.78 is 50.3. The molecule has 0 radical (unpaired) electrons. The van der Waals surface area contributed by atoms with Crippen LogP contribution in [-0.4, -0.2) is 51.7 Å². The molecular weight excluding hydrogens is 404 g/mol. The van der Waals surface area contributed by atoms with E-state index in [1.54, 1.807) is 26.4 Å². The first kappa shape index (κ1) is 22.0. The number of halogens is 2. The first-order valence-electron chi connectivity index (χ1n) is 10.7. The summed E-state index contributed by atoms with van der Waals surface area (Å²) in [6.07, 6.45) is 2.54. The fraction of sp³-hybridized carbons (Fsp3) is 0.500. The van der Waals surface area contributed by atoms with Gasteiger partial charge in [0.1, 0.15) is 47.5 Å². The monoisotopic (exact) mass is 433 g/mol. The van der Waals surface area contributed by atoms with Gasteiger partial charge >= 0.3 is 0 Å². The van der Waals surface area contributed by atoms with Gasteiger partial charge < -0.3 is 24.3 Å². The van der Waals surface area contributed by atoms with Gasteiger partial charge in [0.15, 0.2) is 0 Å². The fourth-order valence-corrected chi connectivity index (χ4v) is 4.38. The Balaban J connectivity index is 1.30. The van der Waals surface area contributed by atoms with E-state index in [-0.39, 0.29) is 36.1 Å². The van der Waals surface area contributed by atoms with Crippen LogP contribution in [0.1, 0.15) is 24.0 Å². The third kappa shape index (κ3) is 5.17. The summed E-state index contributed by atoms with van der Waals surface area (Å²) in [5.74, 6) is 0.962. The quantitative estimate of drug-likeness (QED) is 0.689. The van der Waals surface area contributed by atoms with E-state index in [1.807, 2.05) is 0 Å². The molecule has 4 unspecified atom stereocenters. The Morgan fingerprint density at radius 1 is 0.839 bits per heavy atom. The first-order valence-corrected chi connectivity index (χ1v) is 10.7. The van der Waals surface area contributed by atoms with Gasteiger partial charge in [-0.2, -0.15) is 0 Å². The topological polar surface area (TPSA) is 49.0 Å². The van der Waals surface area contributed by atoms with Crippen molar-refractivity contribution in [3.8, 4) is 11.5 Å². The maximum Gasteiger partial charge on any atom is 0.126 e. The smallest absolute Gasteiger partial charge is 0.126 e. The van der Waals surface area contributed by atoms with Crippen molar-refractivity contribution >= 4 is 0 Å². The van der Waals surface area contributed by atoms with Crippen molar-refractivity contribution in [1.29, 1.82) is 0 Å². The van der Waals surface area contributed by atoms with E-state index < -0.39 is 0 Å². The number of aryl methyl sites for hydroxylation is 2. The third-order valence-electron chi connectivity index (χ3n) is 6.12. The van der Waals surface area contributed by atoms with E-state index in [1.165, 1.54) is 24.3 Å². The largest absolute Gasteiger partial charge is 0.487 e. The number of fused-ring (bicyclic) bond motifs is 2. The molecule has 0 amide bonds. The minimum Gasteiger partial charge on any atom is -0.487 e. The summed E-state index contributed by atoms with van der Waals surface area (Å²) in [4.78, 5) is 0. The highest BCUT2D eigenvalue weighted by molar-refractivity contribution is 5.36. The summed E-state index contributed by atoms with van der Waals surface area (Å²) in [6.45, 7) is 1.18. The number of ether oxygens (including phenoxy) is 4. The van der Waals surface area contributed by atoms with Crippen LogP contribution in [0.5, 0.6) is 11.5 Å². The summed E-state index contributed by atoms with van der Waals surface area (Å²) in [5, 5.41) is 3.42. The molecule has 4 rings (SSSR count). The predicted octanol–water partition coefficient (Wildman–Crippen LogP) is 3.67. The van der Waals surface area contributed by atoms with Gasteiger partial charge in [-0.25, -0.2) is 8.78 Å². The predicted molar refractivity (Wildman–Crippen MR) is 113 cm³/mol. The molecule has 5 nitrogen and oxygen atoms in total. The second-order valence-corrected chi connectivity index (χ2v) is 8.10. The van der Waals surface area contributed by atoms with E-state index in [0.717, 1.165) is 48.3 Å². The van der Waals surface area contributed by atoms with Crippen molar-refractivity contribution in [2.24, 2.45) is 0 Å². The van der Waals surface area contributed by atoms with E-state index in [0.29, 0.717) is 13.1 Å². The van der Waals surface area contributed by atoms with Gasteiger partial charge in [-0.1, -0.05) is 0 Å². The summed E-state index contributed by atoms with van der Waals surface area (Å²) in [6, 6.07) is 9.27. The molecule has 0 spiro atoms. The number of methoxy groups -OCH3 is 2. The maximum atomic E-state index is 13.4. The molecule has 31 heavy (non-hydrogen) atoms. The molecule has 2 aliphatic rings. The standard InChI is InChI=1S/C24H29F2NO4/c1-28-23(21-7-3-15-11-17(25)5-9-19(15)30-21)13-27-14-24(29-2)22-8-4-16-12-18(26)6-10-20(16)31-22/h5-6,9-12,21-24,27H,3-4,7-8,13-14H2,1-2H3. The van der Waals surface area contributed by atoms with E-state index in [4.69, 9.17) is 18.9 Å². The lowest BCUT2D eigenvalue weighted by molar-refractivity contribution is -0.0213. The fourth-order valence-electron chi connectivity index (χ4n) is 4.38. The van der Waals surface area contributed by atoms with E-state index >= 15 is 0 Å². The highest BCUT2D eigenvalue weighted by Gasteiger charge is 2.30. The zero-order chi connectivity index (χ0) is 21.8. The summed E-state index contributed by atoms with van der Waals surface area (Å²) in [7, 11) is 3.34. The van der Waals surface area contributed by atoms with Crippen LogP contribution in [0.4, 0.5) is 8.78 Å². The number of hydrogen-bond donors (Lipinski definition) is 1. The van der Waals surface area contributed by atoms with Gasteiger partial charge in [-0.05, 0) is 73.2 Å². The molecule has 0 aliphatic carbocycles. The Bertz CT molecular complexity index is 822. The number of nitrogens with one attached hydrogen (secondary N) is 1. The molecule has 1 N–H and O–H groups in total. The maximum absolute atomic E-state index is 13.4. The van der Waals surface area contributed by atoms with Gasteiger partial charge in [0, 0.05) is 27.3 Å². The Morgan fingerprint density at radius 2 is 1.29 bits per heavy atom. The number of hydrogen-bond acceptors (Lipinski definition) is 5. The molecular formula is C24H29F2NO4. The molecule has 2 aromatic rings. The summed E-state index contributed by atoms with van der Waals surface area (Å²) >= 11 is 0. The summed E-state index contributed by atoms with van der Waals surface area (Å²) in [5.41, 5.74) is 1.79. The second-order valence-electron chi connectivity index (χ2n) is 8.10.